The Kier molecular flexibility index (Phi) is 4.78. The van der Waals surface area contributed by atoms with Gasteiger partial charge in [-0.3, -0.25) is 0 Å². The minimum atomic E-state index is -3.81. The molecule has 1 unspecified atom stereocenters. The van der Waals surface area contributed by atoms with Crippen LogP contribution in [0.25, 0.3) is 0 Å². The van der Waals surface area contributed by atoms with E-state index in [-0.39, 0.29) is 10.7 Å². The summed E-state index contributed by atoms with van der Waals surface area (Å²) in [5.41, 5.74) is 4.35. The maximum absolute atomic E-state index is 12.2. The quantitative estimate of drug-likeness (QED) is 0.332. The number of hydrogen-bond acceptors (Lipinski definition) is 4. The molecule has 0 aliphatic rings. The average Bonchev–Trinajstić information content (AvgIpc) is 2.37. The molecule has 1 rings (SSSR count). The fourth-order valence-corrected chi connectivity index (χ4v) is 3.16. The topological polar surface area (TPSA) is 105 Å². The first kappa shape index (κ1) is 15.7. The number of nitrogens with zero attached hydrogens (tertiary/aromatic N) is 1. The summed E-state index contributed by atoms with van der Waals surface area (Å²) in [5, 5.41) is 11.9. The summed E-state index contributed by atoms with van der Waals surface area (Å²) < 4.78 is 26.8. The highest BCUT2D eigenvalue weighted by Gasteiger charge is 2.33. The molecule has 19 heavy (non-hydrogen) atoms. The number of benzene rings is 1. The van der Waals surface area contributed by atoms with E-state index in [1.165, 1.54) is 25.1 Å². The van der Waals surface area contributed by atoms with Crippen molar-refractivity contribution in [2.24, 2.45) is 10.9 Å². The first-order valence-corrected chi connectivity index (χ1v) is 7.39. The summed E-state index contributed by atoms with van der Waals surface area (Å²) in [7, 11) is -3.81. The Morgan fingerprint density at radius 3 is 2.68 bits per heavy atom. The van der Waals surface area contributed by atoms with Gasteiger partial charge < -0.3 is 10.9 Å². The van der Waals surface area contributed by atoms with Crippen LogP contribution in [-0.2, 0) is 10.0 Å². The van der Waals surface area contributed by atoms with Crippen molar-refractivity contribution >= 4 is 27.5 Å². The van der Waals surface area contributed by atoms with Crippen LogP contribution in [0.2, 0.25) is 5.02 Å². The van der Waals surface area contributed by atoms with E-state index in [9.17, 15) is 8.42 Å². The van der Waals surface area contributed by atoms with Gasteiger partial charge in [0.25, 0.3) is 0 Å². The predicted octanol–water partition coefficient (Wildman–Crippen LogP) is 1.53. The van der Waals surface area contributed by atoms with Gasteiger partial charge in [-0.2, -0.15) is 4.72 Å². The first-order valence-electron chi connectivity index (χ1n) is 5.52. The van der Waals surface area contributed by atoms with Crippen molar-refractivity contribution in [1.82, 2.24) is 4.72 Å². The monoisotopic (exact) mass is 305 g/mol. The van der Waals surface area contributed by atoms with Gasteiger partial charge in [0.1, 0.15) is 0 Å². The smallest absolute Gasteiger partial charge is 0.241 e. The summed E-state index contributed by atoms with van der Waals surface area (Å²) in [6, 6.07) is 5.84. The molecule has 1 aromatic rings. The van der Waals surface area contributed by atoms with Crippen LogP contribution in [0.1, 0.15) is 20.3 Å². The largest absolute Gasteiger partial charge is 0.409 e. The third-order valence-corrected chi connectivity index (χ3v) is 4.68. The number of amidine groups is 1. The Hall–Kier alpha value is -1.31. The molecule has 0 saturated carbocycles. The molecule has 1 aromatic carbocycles. The van der Waals surface area contributed by atoms with Crippen LogP contribution in [0.3, 0.4) is 0 Å². The van der Waals surface area contributed by atoms with Crippen LogP contribution in [0.15, 0.2) is 34.3 Å². The zero-order valence-corrected chi connectivity index (χ0v) is 12.2. The van der Waals surface area contributed by atoms with Crippen molar-refractivity contribution in [3.63, 3.8) is 0 Å². The van der Waals surface area contributed by atoms with Gasteiger partial charge in [-0.05, 0) is 31.5 Å². The fraction of sp³-hybridized carbons (Fsp3) is 0.364. The molecule has 0 aromatic heterocycles. The van der Waals surface area contributed by atoms with Crippen molar-refractivity contribution < 1.29 is 13.6 Å². The number of sulfonamides is 1. The highest BCUT2D eigenvalue weighted by Crippen LogP contribution is 2.19. The zero-order chi connectivity index (χ0) is 14.7. The zero-order valence-electron chi connectivity index (χ0n) is 10.6. The van der Waals surface area contributed by atoms with Crippen LogP contribution in [0, 0.1) is 0 Å². The van der Waals surface area contributed by atoms with E-state index in [1.54, 1.807) is 13.0 Å². The molecule has 0 amide bonds. The van der Waals surface area contributed by atoms with E-state index < -0.39 is 15.6 Å². The van der Waals surface area contributed by atoms with Crippen molar-refractivity contribution in [2.45, 2.75) is 30.7 Å². The van der Waals surface area contributed by atoms with Crippen LogP contribution in [0.5, 0.6) is 0 Å². The number of oxime groups is 1. The summed E-state index contributed by atoms with van der Waals surface area (Å²) >= 11 is 5.77. The van der Waals surface area contributed by atoms with Crippen LogP contribution >= 0.6 is 11.6 Å². The maximum Gasteiger partial charge on any atom is 0.241 e. The van der Waals surface area contributed by atoms with Crippen LogP contribution in [0.4, 0.5) is 0 Å². The van der Waals surface area contributed by atoms with Gasteiger partial charge in [0.15, 0.2) is 5.84 Å². The second-order valence-corrected chi connectivity index (χ2v) is 6.35. The molecule has 0 bridgehead atoms. The molecule has 4 N–H and O–H groups in total. The van der Waals surface area contributed by atoms with E-state index in [0.29, 0.717) is 11.4 Å². The standard InChI is InChI=1S/C11H16ClN3O3S/c1-3-11(2,10(13)14-16)15-19(17,18)9-6-4-5-8(12)7-9/h4-7,15-16H,3H2,1-2H3,(H2,13,14). The van der Waals surface area contributed by atoms with Crippen molar-refractivity contribution in [3.8, 4) is 0 Å². The number of nitrogens with two attached hydrogens (primary N) is 1. The molecule has 0 saturated heterocycles. The molecule has 0 radical (unpaired) electrons. The molecular weight excluding hydrogens is 290 g/mol. The molecule has 0 spiro atoms. The van der Waals surface area contributed by atoms with Crippen molar-refractivity contribution in [1.29, 1.82) is 0 Å². The Morgan fingerprint density at radius 1 is 1.58 bits per heavy atom. The van der Waals surface area contributed by atoms with E-state index in [0.717, 1.165) is 0 Å². The second kappa shape index (κ2) is 5.77. The number of halogens is 1. The van der Waals surface area contributed by atoms with Crippen LogP contribution < -0.4 is 10.5 Å². The lowest BCUT2D eigenvalue weighted by Gasteiger charge is -2.27. The van der Waals surface area contributed by atoms with Crippen molar-refractivity contribution in [2.75, 3.05) is 0 Å². The van der Waals surface area contributed by atoms with Gasteiger partial charge in [-0.25, -0.2) is 8.42 Å². The molecule has 0 fully saturated rings. The second-order valence-electron chi connectivity index (χ2n) is 4.23. The maximum atomic E-state index is 12.2. The molecule has 8 heteroatoms. The lowest BCUT2D eigenvalue weighted by molar-refractivity contribution is 0.310. The summed E-state index contributed by atoms with van der Waals surface area (Å²) in [6.07, 6.45) is 0.322. The minimum Gasteiger partial charge on any atom is -0.409 e. The summed E-state index contributed by atoms with van der Waals surface area (Å²) in [5.74, 6) is -0.208. The van der Waals surface area contributed by atoms with Gasteiger partial charge in [-0.15, -0.1) is 0 Å². The molecule has 0 aliphatic carbocycles. The summed E-state index contributed by atoms with van der Waals surface area (Å²) in [6.45, 7) is 3.25. The van der Waals surface area contributed by atoms with E-state index >= 15 is 0 Å². The van der Waals surface area contributed by atoms with Gasteiger partial charge >= 0.3 is 0 Å². The molecule has 1 atom stereocenters. The Bertz CT molecular complexity index is 589. The Labute approximate surface area is 117 Å². The fourth-order valence-electron chi connectivity index (χ4n) is 1.41. The number of rotatable bonds is 5. The number of nitrogens with one attached hydrogen (secondary N) is 1. The first-order chi connectivity index (χ1) is 8.75. The van der Waals surface area contributed by atoms with E-state index in [2.05, 4.69) is 9.88 Å². The minimum absolute atomic E-state index is 0.0189. The predicted molar refractivity (Wildman–Crippen MR) is 73.9 cm³/mol. The van der Waals surface area contributed by atoms with E-state index in [1.807, 2.05) is 0 Å². The summed E-state index contributed by atoms with van der Waals surface area (Å²) in [4.78, 5) is 0.0189. The lowest BCUT2D eigenvalue weighted by Crippen LogP contribution is -2.54. The molecule has 0 heterocycles. The average molecular weight is 306 g/mol. The Morgan fingerprint density at radius 2 is 2.21 bits per heavy atom. The third-order valence-electron chi connectivity index (χ3n) is 2.85. The van der Waals surface area contributed by atoms with E-state index in [4.69, 9.17) is 22.5 Å². The van der Waals surface area contributed by atoms with Gasteiger partial charge in [-0.1, -0.05) is 29.7 Å². The van der Waals surface area contributed by atoms with Crippen LogP contribution in [-0.4, -0.2) is 25.0 Å². The molecule has 6 nitrogen and oxygen atoms in total. The van der Waals surface area contributed by atoms with Gasteiger partial charge in [0.05, 0.1) is 10.4 Å². The molecule has 106 valence electrons. The highest BCUT2D eigenvalue weighted by atomic mass is 35.5. The highest BCUT2D eigenvalue weighted by molar-refractivity contribution is 7.89. The molecule has 0 aliphatic heterocycles. The lowest BCUT2D eigenvalue weighted by atomic mass is 10.00. The van der Waals surface area contributed by atoms with Crippen molar-refractivity contribution in [3.05, 3.63) is 29.3 Å². The van der Waals surface area contributed by atoms with Gasteiger partial charge in [0, 0.05) is 5.02 Å². The molecular formula is C11H16ClN3O3S. The third kappa shape index (κ3) is 3.59. The SMILES string of the molecule is CCC(C)(NS(=O)(=O)c1cccc(Cl)c1)/C(N)=N/O. The normalized spacial score (nSPS) is 16.1. The Balaban J connectivity index is 3.16. The number of hydrogen-bond donors (Lipinski definition) is 3. The van der Waals surface area contributed by atoms with Gasteiger partial charge in [0.2, 0.25) is 10.0 Å².